The Hall–Kier alpha value is -1.38. The van der Waals surface area contributed by atoms with E-state index in [4.69, 9.17) is 4.74 Å². The average molecular weight is 399 g/mol. The number of hydrogen-bond donors (Lipinski definition) is 0. The lowest BCUT2D eigenvalue weighted by Gasteiger charge is -2.55. The highest BCUT2D eigenvalue weighted by Crippen LogP contribution is 2.64. The maximum Gasteiger partial charge on any atom is 0.306 e. The van der Waals surface area contributed by atoms with Crippen LogP contribution in [0.1, 0.15) is 91.4 Å². The third kappa shape index (κ3) is 3.64. The SMILES string of the molecule is CCCCCCC(=O)OC1CCC2C3C=CC4=CC(=O)CCC4(C)C3CCC12C. The highest BCUT2D eigenvalue weighted by molar-refractivity contribution is 5.92. The van der Waals surface area contributed by atoms with Crippen molar-refractivity contribution in [2.24, 2.45) is 28.6 Å². The van der Waals surface area contributed by atoms with Gasteiger partial charge in [0.25, 0.3) is 0 Å². The lowest BCUT2D eigenvalue weighted by Crippen LogP contribution is -2.50. The first-order valence-electron chi connectivity index (χ1n) is 12.0. The van der Waals surface area contributed by atoms with Crippen molar-refractivity contribution in [2.45, 2.75) is 97.5 Å². The quantitative estimate of drug-likeness (QED) is 0.396. The van der Waals surface area contributed by atoms with Gasteiger partial charge in [0, 0.05) is 18.3 Å². The van der Waals surface area contributed by atoms with Crippen molar-refractivity contribution >= 4 is 11.8 Å². The Balaban J connectivity index is 1.46. The summed E-state index contributed by atoms with van der Waals surface area (Å²) in [6.45, 7) is 6.96. The number of rotatable bonds is 6. The van der Waals surface area contributed by atoms with Gasteiger partial charge in [0.05, 0.1) is 0 Å². The fraction of sp³-hybridized carbons (Fsp3) is 0.769. The Labute approximate surface area is 176 Å². The van der Waals surface area contributed by atoms with Crippen LogP contribution in [0.3, 0.4) is 0 Å². The van der Waals surface area contributed by atoms with Gasteiger partial charge in [0.15, 0.2) is 5.78 Å². The van der Waals surface area contributed by atoms with Gasteiger partial charge in [-0.1, -0.05) is 52.2 Å². The van der Waals surface area contributed by atoms with Gasteiger partial charge in [-0.25, -0.2) is 0 Å². The predicted molar refractivity (Wildman–Crippen MR) is 115 cm³/mol. The van der Waals surface area contributed by atoms with E-state index in [-0.39, 0.29) is 28.7 Å². The van der Waals surface area contributed by atoms with Gasteiger partial charge in [-0.05, 0) is 73.3 Å². The molecule has 0 radical (unpaired) electrons. The van der Waals surface area contributed by atoms with Crippen molar-refractivity contribution in [1.29, 1.82) is 0 Å². The minimum absolute atomic E-state index is 0.0114. The molecule has 0 saturated heterocycles. The van der Waals surface area contributed by atoms with Crippen LogP contribution in [0.2, 0.25) is 0 Å². The molecule has 6 unspecified atom stereocenters. The molecule has 2 saturated carbocycles. The van der Waals surface area contributed by atoms with E-state index in [9.17, 15) is 9.59 Å². The summed E-state index contributed by atoms with van der Waals surface area (Å²) in [5, 5.41) is 0. The molecular weight excluding hydrogens is 360 g/mol. The number of allylic oxidation sites excluding steroid dienone is 4. The number of esters is 1. The van der Waals surface area contributed by atoms with Crippen LogP contribution in [0.15, 0.2) is 23.8 Å². The molecule has 0 spiro atoms. The van der Waals surface area contributed by atoms with Gasteiger partial charge in [0.2, 0.25) is 0 Å². The molecule has 4 aliphatic carbocycles. The van der Waals surface area contributed by atoms with Crippen LogP contribution in [0.5, 0.6) is 0 Å². The summed E-state index contributed by atoms with van der Waals surface area (Å²) >= 11 is 0. The summed E-state index contributed by atoms with van der Waals surface area (Å²) in [5.74, 6) is 2.06. The van der Waals surface area contributed by atoms with Crippen molar-refractivity contribution < 1.29 is 14.3 Å². The number of carbonyl (C=O) groups is 2. The topological polar surface area (TPSA) is 43.4 Å². The smallest absolute Gasteiger partial charge is 0.306 e. The molecule has 0 aromatic carbocycles. The van der Waals surface area contributed by atoms with Gasteiger partial charge < -0.3 is 4.74 Å². The van der Waals surface area contributed by atoms with Crippen molar-refractivity contribution in [3.8, 4) is 0 Å². The second-order valence-corrected chi connectivity index (χ2v) is 10.5. The highest BCUT2D eigenvalue weighted by Gasteiger charge is 2.59. The van der Waals surface area contributed by atoms with Crippen LogP contribution < -0.4 is 0 Å². The van der Waals surface area contributed by atoms with E-state index in [0.29, 0.717) is 30.6 Å². The number of unbranched alkanes of at least 4 members (excludes halogenated alkanes) is 3. The molecule has 0 aliphatic heterocycles. The standard InChI is InChI=1S/C26H38O3/c1-4-5-6-7-8-24(28)29-23-12-11-21-20-10-9-18-17-19(27)13-15-25(18,2)22(20)14-16-26(21,23)3/h9-10,17,20-23H,4-8,11-16H2,1-3H3. The number of hydrogen-bond acceptors (Lipinski definition) is 3. The molecule has 3 nitrogen and oxygen atoms in total. The Morgan fingerprint density at radius 2 is 1.93 bits per heavy atom. The zero-order chi connectivity index (χ0) is 20.6. The maximum atomic E-state index is 12.5. The van der Waals surface area contributed by atoms with E-state index in [1.807, 2.05) is 6.08 Å². The maximum absolute atomic E-state index is 12.5. The number of ketones is 1. The zero-order valence-electron chi connectivity index (χ0n) is 18.5. The fourth-order valence-electron chi connectivity index (χ4n) is 7.06. The van der Waals surface area contributed by atoms with Gasteiger partial charge in [-0.15, -0.1) is 0 Å². The molecule has 0 amide bonds. The predicted octanol–water partition coefficient (Wildman–Crippen LogP) is 6.18. The first-order chi connectivity index (χ1) is 13.9. The molecule has 0 heterocycles. The number of fused-ring (bicyclic) bond motifs is 5. The second kappa shape index (κ2) is 8.04. The number of ether oxygens (including phenoxy) is 1. The largest absolute Gasteiger partial charge is 0.462 e. The second-order valence-electron chi connectivity index (χ2n) is 10.5. The van der Waals surface area contributed by atoms with Gasteiger partial charge >= 0.3 is 5.97 Å². The van der Waals surface area contributed by atoms with E-state index in [2.05, 4.69) is 32.9 Å². The summed E-state index contributed by atoms with van der Waals surface area (Å²) in [7, 11) is 0. The van der Waals surface area contributed by atoms with Crippen molar-refractivity contribution in [3.63, 3.8) is 0 Å². The highest BCUT2D eigenvalue weighted by atomic mass is 16.5. The number of carbonyl (C=O) groups excluding carboxylic acids is 2. The summed E-state index contributed by atoms with van der Waals surface area (Å²) in [4.78, 5) is 24.4. The normalized spacial score (nSPS) is 40.7. The Morgan fingerprint density at radius 1 is 1.10 bits per heavy atom. The van der Waals surface area contributed by atoms with Crippen molar-refractivity contribution in [1.82, 2.24) is 0 Å². The van der Waals surface area contributed by atoms with E-state index < -0.39 is 0 Å². The molecule has 4 aliphatic rings. The third-order valence-corrected chi connectivity index (χ3v) is 8.94. The van der Waals surface area contributed by atoms with Crippen molar-refractivity contribution in [3.05, 3.63) is 23.8 Å². The first kappa shape index (κ1) is 20.9. The van der Waals surface area contributed by atoms with Crippen LogP contribution in [0, 0.1) is 28.6 Å². The van der Waals surface area contributed by atoms with Crippen LogP contribution >= 0.6 is 0 Å². The minimum Gasteiger partial charge on any atom is -0.462 e. The summed E-state index contributed by atoms with van der Waals surface area (Å²) in [5.41, 5.74) is 1.50. The van der Waals surface area contributed by atoms with Gasteiger partial charge in [0.1, 0.15) is 6.10 Å². The molecule has 4 rings (SSSR count). The summed E-state index contributed by atoms with van der Waals surface area (Å²) in [6.07, 6.45) is 17.8. The zero-order valence-corrected chi connectivity index (χ0v) is 18.5. The Bertz CT molecular complexity index is 719. The van der Waals surface area contributed by atoms with E-state index in [0.717, 1.165) is 38.5 Å². The lowest BCUT2D eigenvalue weighted by atomic mass is 9.49. The molecule has 0 aromatic rings. The van der Waals surface area contributed by atoms with E-state index in [1.165, 1.54) is 24.8 Å². The molecule has 160 valence electrons. The Kier molecular flexibility index (Phi) is 5.79. The van der Waals surface area contributed by atoms with Gasteiger partial charge in [-0.3, -0.25) is 9.59 Å². The van der Waals surface area contributed by atoms with Crippen LogP contribution in [-0.4, -0.2) is 17.9 Å². The van der Waals surface area contributed by atoms with Crippen LogP contribution in [-0.2, 0) is 14.3 Å². The molecule has 6 atom stereocenters. The molecule has 29 heavy (non-hydrogen) atoms. The molecule has 0 bridgehead atoms. The van der Waals surface area contributed by atoms with Gasteiger partial charge in [-0.2, -0.15) is 0 Å². The summed E-state index contributed by atoms with van der Waals surface area (Å²) in [6, 6.07) is 0. The third-order valence-electron chi connectivity index (χ3n) is 8.94. The van der Waals surface area contributed by atoms with E-state index in [1.54, 1.807) is 0 Å². The lowest BCUT2D eigenvalue weighted by molar-refractivity contribution is -0.158. The monoisotopic (exact) mass is 398 g/mol. The molecular formula is C26H38O3. The summed E-state index contributed by atoms with van der Waals surface area (Å²) < 4.78 is 6.07. The average Bonchev–Trinajstić information content (AvgIpc) is 3.02. The van der Waals surface area contributed by atoms with Crippen LogP contribution in [0.25, 0.3) is 0 Å². The molecule has 0 N–H and O–H groups in total. The van der Waals surface area contributed by atoms with Crippen molar-refractivity contribution in [2.75, 3.05) is 0 Å². The minimum atomic E-state index is 0.0114. The molecule has 0 aromatic heterocycles. The Morgan fingerprint density at radius 3 is 2.72 bits per heavy atom. The van der Waals surface area contributed by atoms with E-state index >= 15 is 0 Å². The van der Waals surface area contributed by atoms with Crippen LogP contribution in [0.4, 0.5) is 0 Å². The molecule has 3 heteroatoms. The molecule has 2 fully saturated rings. The fourth-order valence-corrected chi connectivity index (χ4v) is 7.06. The first-order valence-corrected chi connectivity index (χ1v) is 12.0.